The number of aryl methyl sites for hydroxylation is 3. The van der Waals surface area contributed by atoms with Gasteiger partial charge in [-0.15, -0.1) is 0 Å². The van der Waals surface area contributed by atoms with Crippen molar-refractivity contribution in [3.63, 3.8) is 0 Å². The minimum Gasteiger partial charge on any atom is -0.489 e. The number of carbonyl (C=O) groups excluding carboxylic acids is 1. The van der Waals surface area contributed by atoms with Gasteiger partial charge in [-0.3, -0.25) is 9.69 Å². The molecule has 0 radical (unpaired) electrons. The van der Waals surface area contributed by atoms with Gasteiger partial charge in [0, 0.05) is 32.7 Å². The van der Waals surface area contributed by atoms with E-state index in [-0.39, 0.29) is 12.5 Å². The molecule has 1 aromatic heterocycles. The molecule has 0 aliphatic carbocycles. The lowest BCUT2D eigenvalue weighted by Crippen LogP contribution is -2.48. The molecule has 6 nitrogen and oxygen atoms in total. The molecule has 1 aliphatic heterocycles. The normalized spacial score (nSPS) is 14.5. The fourth-order valence-electron chi connectivity index (χ4n) is 4.03. The predicted octanol–water partition coefficient (Wildman–Crippen LogP) is 4.39. The summed E-state index contributed by atoms with van der Waals surface area (Å²) in [6.45, 7) is 10.3. The third kappa shape index (κ3) is 5.19. The molecule has 0 N–H and O–H groups in total. The minimum atomic E-state index is -0.0861. The van der Waals surface area contributed by atoms with Crippen LogP contribution in [0.25, 0.3) is 0 Å². The van der Waals surface area contributed by atoms with Gasteiger partial charge in [0.2, 0.25) is 0 Å². The Balaban J connectivity index is 1.35. The van der Waals surface area contributed by atoms with Crippen molar-refractivity contribution in [2.45, 2.75) is 40.3 Å². The number of hydrogen-bond donors (Lipinski definition) is 0. The molecule has 6 heteroatoms. The Morgan fingerprint density at radius 2 is 1.78 bits per heavy atom. The van der Waals surface area contributed by atoms with Crippen LogP contribution in [-0.4, -0.2) is 47.0 Å². The number of rotatable bonds is 7. The largest absolute Gasteiger partial charge is 0.489 e. The molecule has 4 rings (SSSR count). The maximum atomic E-state index is 13.2. The van der Waals surface area contributed by atoms with Crippen LogP contribution < -0.4 is 4.74 Å². The van der Waals surface area contributed by atoms with Gasteiger partial charge in [-0.25, -0.2) is 0 Å². The summed E-state index contributed by atoms with van der Waals surface area (Å²) in [5, 5.41) is 4.07. The third-order valence-electron chi connectivity index (χ3n) is 6.05. The minimum absolute atomic E-state index is 0.0861. The van der Waals surface area contributed by atoms with Crippen LogP contribution in [0.2, 0.25) is 0 Å². The molecule has 0 atom stereocenters. The van der Waals surface area contributed by atoms with E-state index in [2.05, 4.69) is 60.3 Å². The first-order valence-corrected chi connectivity index (χ1v) is 11.3. The molecule has 168 valence electrons. The monoisotopic (exact) mass is 433 g/mol. The van der Waals surface area contributed by atoms with Gasteiger partial charge in [0.15, 0.2) is 5.69 Å². The van der Waals surface area contributed by atoms with Crippen LogP contribution in [-0.2, 0) is 19.6 Å². The zero-order chi connectivity index (χ0) is 22.5. The fourth-order valence-corrected chi connectivity index (χ4v) is 4.03. The van der Waals surface area contributed by atoms with Gasteiger partial charge in [0.1, 0.15) is 18.1 Å². The highest BCUT2D eigenvalue weighted by Crippen LogP contribution is 2.21. The molecular weight excluding hydrogens is 402 g/mol. The summed E-state index contributed by atoms with van der Waals surface area (Å²) in [7, 11) is 0. The molecule has 0 spiro atoms. The highest BCUT2D eigenvalue weighted by Gasteiger charge is 2.28. The Labute approximate surface area is 189 Å². The first-order valence-electron chi connectivity index (χ1n) is 11.3. The number of benzene rings is 2. The summed E-state index contributed by atoms with van der Waals surface area (Å²) in [4.78, 5) is 17.4. The Hall–Kier alpha value is -3.12. The van der Waals surface area contributed by atoms with E-state index >= 15 is 0 Å². The Bertz CT molecular complexity index is 1050. The van der Waals surface area contributed by atoms with Gasteiger partial charge in [0.25, 0.3) is 5.91 Å². The van der Waals surface area contributed by atoms with Crippen molar-refractivity contribution in [1.29, 1.82) is 0 Å². The van der Waals surface area contributed by atoms with E-state index in [0.29, 0.717) is 24.5 Å². The lowest BCUT2D eigenvalue weighted by molar-refractivity contribution is 0.0616. The SMILES string of the molecule is CCc1ccc(OCc2c(C(=O)N3CCN(Cc4cccc(C)c4)CC3)noc2C)cc1. The summed E-state index contributed by atoms with van der Waals surface area (Å²) in [5.41, 5.74) is 4.92. The van der Waals surface area contributed by atoms with Crippen molar-refractivity contribution in [1.82, 2.24) is 15.0 Å². The molecule has 2 aromatic carbocycles. The van der Waals surface area contributed by atoms with E-state index in [9.17, 15) is 4.79 Å². The van der Waals surface area contributed by atoms with Crippen molar-refractivity contribution in [2.24, 2.45) is 0 Å². The van der Waals surface area contributed by atoms with E-state index in [1.807, 2.05) is 24.0 Å². The van der Waals surface area contributed by atoms with Gasteiger partial charge < -0.3 is 14.2 Å². The molecule has 1 fully saturated rings. The van der Waals surface area contributed by atoms with Crippen LogP contribution in [0.5, 0.6) is 5.75 Å². The van der Waals surface area contributed by atoms with Gasteiger partial charge >= 0.3 is 0 Å². The summed E-state index contributed by atoms with van der Waals surface area (Å²) < 4.78 is 11.3. The molecular formula is C26H31N3O3. The van der Waals surface area contributed by atoms with Crippen molar-refractivity contribution in [3.8, 4) is 5.75 Å². The molecule has 0 saturated carbocycles. The lowest BCUT2D eigenvalue weighted by Gasteiger charge is -2.34. The lowest BCUT2D eigenvalue weighted by atomic mass is 10.1. The highest BCUT2D eigenvalue weighted by molar-refractivity contribution is 5.93. The van der Waals surface area contributed by atoms with Crippen molar-refractivity contribution >= 4 is 5.91 Å². The Morgan fingerprint density at radius 3 is 2.47 bits per heavy atom. The molecule has 32 heavy (non-hydrogen) atoms. The van der Waals surface area contributed by atoms with Crippen LogP contribution in [0.15, 0.2) is 53.1 Å². The number of ether oxygens (including phenoxy) is 1. The maximum Gasteiger partial charge on any atom is 0.276 e. The quantitative estimate of drug-likeness (QED) is 0.553. The van der Waals surface area contributed by atoms with Crippen LogP contribution >= 0.6 is 0 Å². The first kappa shape index (κ1) is 22.1. The Kier molecular flexibility index (Phi) is 6.90. The van der Waals surface area contributed by atoms with Crippen LogP contribution in [0, 0.1) is 13.8 Å². The number of hydrogen-bond acceptors (Lipinski definition) is 5. The van der Waals surface area contributed by atoms with Crippen LogP contribution in [0.1, 0.15) is 45.4 Å². The average Bonchev–Trinajstić information content (AvgIpc) is 3.18. The first-order chi connectivity index (χ1) is 15.5. The van der Waals surface area contributed by atoms with E-state index in [1.54, 1.807) is 0 Å². The molecule has 2 heterocycles. The van der Waals surface area contributed by atoms with Crippen molar-refractivity contribution in [3.05, 3.63) is 82.2 Å². The van der Waals surface area contributed by atoms with E-state index in [4.69, 9.17) is 9.26 Å². The smallest absolute Gasteiger partial charge is 0.276 e. The van der Waals surface area contributed by atoms with Crippen molar-refractivity contribution in [2.75, 3.05) is 26.2 Å². The summed E-state index contributed by atoms with van der Waals surface area (Å²) in [5.74, 6) is 1.31. The average molecular weight is 434 g/mol. The number of nitrogens with zero attached hydrogens (tertiary/aromatic N) is 3. The molecule has 1 saturated heterocycles. The number of carbonyl (C=O) groups is 1. The molecule has 1 aliphatic rings. The van der Waals surface area contributed by atoms with Gasteiger partial charge in [-0.2, -0.15) is 0 Å². The standard InChI is InChI=1S/C26H31N3O3/c1-4-21-8-10-23(11-9-21)31-18-24-20(3)32-27-25(24)26(30)29-14-12-28(13-15-29)17-22-7-5-6-19(2)16-22/h5-11,16H,4,12-15,17-18H2,1-3H3. The molecule has 1 amide bonds. The van der Waals surface area contributed by atoms with Crippen LogP contribution in [0.3, 0.4) is 0 Å². The molecule has 3 aromatic rings. The van der Waals surface area contributed by atoms with E-state index in [1.165, 1.54) is 16.7 Å². The fraction of sp³-hybridized carbons (Fsp3) is 0.385. The van der Waals surface area contributed by atoms with Gasteiger partial charge in [-0.05, 0) is 43.5 Å². The topological polar surface area (TPSA) is 58.8 Å². The molecule has 0 bridgehead atoms. The zero-order valence-electron chi connectivity index (χ0n) is 19.1. The maximum absolute atomic E-state index is 13.2. The summed E-state index contributed by atoms with van der Waals surface area (Å²) in [6, 6.07) is 16.6. The third-order valence-corrected chi connectivity index (χ3v) is 6.05. The van der Waals surface area contributed by atoms with E-state index in [0.717, 1.165) is 37.4 Å². The van der Waals surface area contributed by atoms with Gasteiger partial charge in [0.05, 0.1) is 5.56 Å². The second-order valence-electron chi connectivity index (χ2n) is 8.41. The van der Waals surface area contributed by atoms with E-state index < -0.39 is 0 Å². The summed E-state index contributed by atoms with van der Waals surface area (Å²) >= 11 is 0. The number of aromatic nitrogens is 1. The van der Waals surface area contributed by atoms with Crippen LogP contribution in [0.4, 0.5) is 0 Å². The zero-order valence-corrected chi connectivity index (χ0v) is 19.1. The summed E-state index contributed by atoms with van der Waals surface area (Å²) in [6.07, 6.45) is 0.988. The highest BCUT2D eigenvalue weighted by atomic mass is 16.5. The number of piperazine rings is 1. The predicted molar refractivity (Wildman–Crippen MR) is 124 cm³/mol. The Morgan fingerprint density at radius 1 is 1.03 bits per heavy atom. The second kappa shape index (κ2) is 10.0. The van der Waals surface area contributed by atoms with Crippen molar-refractivity contribution < 1.29 is 14.1 Å². The number of amides is 1. The second-order valence-corrected chi connectivity index (χ2v) is 8.41. The van der Waals surface area contributed by atoms with Gasteiger partial charge in [-0.1, -0.05) is 54.0 Å². The molecule has 0 unspecified atom stereocenters.